The summed E-state index contributed by atoms with van der Waals surface area (Å²) in [6.45, 7) is 3.09. The number of hydrogen-bond donors (Lipinski definition) is 1. The molecule has 1 aliphatic carbocycles. The van der Waals surface area contributed by atoms with Gasteiger partial charge in [-0.05, 0) is 52.7 Å². The molecule has 0 bridgehead atoms. The maximum Gasteiger partial charge on any atom is 0.251 e. The van der Waals surface area contributed by atoms with Crippen LogP contribution in [0.4, 0.5) is 0 Å². The summed E-state index contributed by atoms with van der Waals surface area (Å²) in [5.41, 5.74) is 0.667. The first kappa shape index (κ1) is 13.5. The van der Waals surface area contributed by atoms with E-state index in [1.54, 1.807) is 18.3 Å². The van der Waals surface area contributed by atoms with E-state index in [-0.39, 0.29) is 5.91 Å². The fourth-order valence-corrected chi connectivity index (χ4v) is 2.99. The summed E-state index contributed by atoms with van der Waals surface area (Å²) < 4.78 is 0.696. The number of pyridine rings is 1. The van der Waals surface area contributed by atoms with E-state index in [1.807, 2.05) is 0 Å². The molecule has 0 aliphatic heterocycles. The van der Waals surface area contributed by atoms with Crippen LogP contribution in [-0.4, -0.2) is 17.4 Å². The van der Waals surface area contributed by atoms with E-state index in [0.29, 0.717) is 16.1 Å². The number of amides is 1. The van der Waals surface area contributed by atoms with Gasteiger partial charge in [-0.2, -0.15) is 0 Å². The monoisotopic (exact) mass is 310 g/mol. The van der Waals surface area contributed by atoms with Crippen LogP contribution in [0, 0.1) is 11.8 Å². The minimum atomic E-state index is -0.00340. The van der Waals surface area contributed by atoms with E-state index >= 15 is 0 Å². The maximum absolute atomic E-state index is 12.0. The Morgan fingerprint density at radius 1 is 1.56 bits per heavy atom. The zero-order valence-electron chi connectivity index (χ0n) is 10.7. The molecule has 0 spiro atoms. The van der Waals surface area contributed by atoms with Crippen molar-refractivity contribution in [3.05, 3.63) is 28.5 Å². The fraction of sp³-hybridized carbons (Fsp3) is 0.571. The van der Waals surface area contributed by atoms with Gasteiger partial charge in [-0.25, -0.2) is 4.98 Å². The fourth-order valence-electron chi connectivity index (χ4n) is 2.63. The van der Waals surface area contributed by atoms with Crippen molar-refractivity contribution in [3.8, 4) is 0 Å². The summed E-state index contributed by atoms with van der Waals surface area (Å²) in [6.07, 6.45) is 6.75. The number of hydrogen-bond acceptors (Lipinski definition) is 2. The van der Waals surface area contributed by atoms with Gasteiger partial charge >= 0.3 is 0 Å². The van der Waals surface area contributed by atoms with Gasteiger partial charge in [0.25, 0.3) is 5.91 Å². The first-order valence-electron chi connectivity index (χ1n) is 6.55. The van der Waals surface area contributed by atoms with Crippen LogP contribution in [0.3, 0.4) is 0 Å². The highest BCUT2D eigenvalue weighted by atomic mass is 79.9. The molecular weight excluding hydrogens is 292 g/mol. The van der Waals surface area contributed by atoms with Gasteiger partial charge in [0.1, 0.15) is 4.60 Å². The van der Waals surface area contributed by atoms with Crippen LogP contribution in [0.5, 0.6) is 0 Å². The van der Waals surface area contributed by atoms with Crippen molar-refractivity contribution < 1.29 is 4.79 Å². The molecule has 1 amide bonds. The largest absolute Gasteiger partial charge is 0.352 e. The smallest absolute Gasteiger partial charge is 0.251 e. The van der Waals surface area contributed by atoms with Gasteiger partial charge in [0.15, 0.2) is 0 Å². The van der Waals surface area contributed by atoms with Gasteiger partial charge < -0.3 is 5.32 Å². The van der Waals surface area contributed by atoms with Crippen LogP contribution in [0.1, 0.15) is 43.0 Å². The lowest BCUT2D eigenvalue weighted by Gasteiger charge is -2.26. The molecular formula is C14H19BrN2O. The number of rotatable bonds is 3. The van der Waals surface area contributed by atoms with Crippen molar-refractivity contribution >= 4 is 21.8 Å². The van der Waals surface area contributed by atoms with Crippen LogP contribution in [-0.2, 0) is 0 Å². The predicted octanol–water partition coefficient (Wildman–Crippen LogP) is 3.40. The molecule has 2 atom stereocenters. The molecule has 0 saturated heterocycles. The second-order valence-corrected chi connectivity index (χ2v) is 6.03. The Morgan fingerprint density at radius 3 is 3.11 bits per heavy atom. The summed E-state index contributed by atoms with van der Waals surface area (Å²) in [5.74, 6) is 1.44. The normalized spacial score (nSPS) is 23.7. The highest BCUT2D eigenvalue weighted by molar-refractivity contribution is 9.10. The molecule has 98 valence electrons. The average Bonchev–Trinajstić information content (AvgIpc) is 2.36. The van der Waals surface area contributed by atoms with Crippen molar-refractivity contribution in [3.63, 3.8) is 0 Å². The quantitative estimate of drug-likeness (QED) is 0.869. The third-order valence-electron chi connectivity index (χ3n) is 3.59. The SMILES string of the molecule is CC1CCCC(CNC(=O)c2ccnc(Br)c2)C1. The topological polar surface area (TPSA) is 42.0 Å². The number of nitrogens with one attached hydrogen (secondary N) is 1. The van der Waals surface area contributed by atoms with E-state index in [0.717, 1.165) is 12.5 Å². The van der Waals surface area contributed by atoms with Gasteiger partial charge in [-0.3, -0.25) is 4.79 Å². The average molecular weight is 311 g/mol. The molecule has 0 radical (unpaired) electrons. The van der Waals surface area contributed by atoms with Crippen molar-refractivity contribution in [2.75, 3.05) is 6.54 Å². The van der Waals surface area contributed by atoms with Gasteiger partial charge in [0.05, 0.1) is 0 Å². The van der Waals surface area contributed by atoms with Crippen LogP contribution in [0.25, 0.3) is 0 Å². The molecule has 1 heterocycles. The maximum atomic E-state index is 12.0. The molecule has 1 aliphatic rings. The third kappa shape index (κ3) is 3.80. The lowest BCUT2D eigenvalue weighted by Crippen LogP contribution is -2.31. The number of nitrogens with zero attached hydrogens (tertiary/aromatic N) is 1. The molecule has 1 saturated carbocycles. The van der Waals surface area contributed by atoms with Crippen molar-refractivity contribution in [2.45, 2.75) is 32.6 Å². The van der Waals surface area contributed by atoms with E-state index in [1.165, 1.54) is 25.7 Å². The lowest BCUT2D eigenvalue weighted by molar-refractivity contribution is 0.0940. The Kier molecular flexibility index (Phi) is 4.75. The minimum absolute atomic E-state index is 0.00340. The second kappa shape index (κ2) is 6.32. The molecule has 2 rings (SSSR count). The standard InChI is InChI=1S/C14H19BrN2O/c1-10-3-2-4-11(7-10)9-17-14(18)12-5-6-16-13(15)8-12/h5-6,8,10-11H,2-4,7,9H2,1H3,(H,17,18). The Bertz CT molecular complexity index is 422. The summed E-state index contributed by atoms with van der Waals surface area (Å²) in [4.78, 5) is 16.0. The number of halogens is 1. The van der Waals surface area contributed by atoms with Crippen molar-refractivity contribution in [2.24, 2.45) is 11.8 Å². The van der Waals surface area contributed by atoms with Gasteiger partial charge in [0.2, 0.25) is 0 Å². The minimum Gasteiger partial charge on any atom is -0.352 e. The van der Waals surface area contributed by atoms with Crippen LogP contribution in [0.2, 0.25) is 0 Å². The molecule has 1 fully saturated rings. The van der Waals surface area contributed by atoms with Gasteiger partial charge in [0, 0.05) is 18.3 Å². The predicted molar refractivity (Wildman–Crippen MR) is 75.4 cm³/mol. The molecule has 3 nitrogen and oxygen atoms in total. The second-order valence-electron chi connectivity index (χ2n) is 5.22. The summed E-state index contributed by atoms with van der Waals surface area (Å²) >= 11 is 3.27. The summed E-state index contributed by atoms with van der Waals surface area (Å²) in [6, 6.07) is 3.49. The third-order valence-corrected chi connectivity index (χ3v) is 4.02. The van der Waals surface area contributed by atoms with E-state index in [2.05, 4.69) is 33.2 Å². The Hall–Kier alpha value is -0.900. The molecule has 4 heteroatoms. The van der Waals surface area contributed by atoms with Crippen LogP contribution in [0.15, 0.2) is 22.9 Å². The van der Waals surface area contributed by atoms with Crippen molar-refractivity contribution in [1.29, 1.82) is 0 Å². The zero-order valence-corrected chi connectivity index (χ0v) is 12.2. The Labute approximate surface area is 117 Å². The van der Waals surface area contributed by atoms with E-state index in [9.17, 15) is 4.79 Å². The highest BCUT2D eigenvalue weighted by Crippen LogP contribution is 2.27. The summed E-state index contributed by atoms with van der Waals surface area (Å²) in [7, 11) is 0. The van der Waals surface area contributed by atoms with Crippen LogP contribution < -0.4 is 5.32 Å². The molecule has 1 aromatic heterocycles. The zero-order chi connectivity index (χ0) is 13.0. The molecule has 1 N–H and O–H groups in total. The first-order valence-corrected chi connectivity index (χ1v) is 7.34. The molecule has 18 heavy (non-hydrogen) atoms. The number of aromatic nitrogens is 1. The number of carbonyl (C=O) groups is 1. The molecule has 0 aromatic carbocycles. The van der Waals surface area contributed by atoms with Crippen LogP contribution >= 0.6 is 15.9 Å². The van der Waals surface area contributed by atoms with Gasteiger partial charge in [-0.1, -0.05) is 19.8 Å². The lowest BCUT2D eigenvalue weighted by atomic mass is 9.82. The molecule has 2 unspecified atom stereocenters. The van der Waals surface area contributed by atoms with E-state index < -0.39 is 0 Å². The van der Waals surface area contributed by atoms with E-state index in [4.69, 9.17) is 0 Å². The highest BCUT2D eigenvalue weighted by Gasteiger charge is 2.19. The summed E-state index contributed by atoms with van der Waals surface area (Å²) in [5, 5.41) is 3.03. The number of carbonyl (C=O) groups excluding carboxylic acids is 1. The molecule has 1 aromatic rings. The Morgan fingerprint density at radius 2 is 2.39 bits per heavy atom. The first-order chi connectivity index (χ1) is 8.65. The van der Waals surface area contributed by atoms with Gasteiger partial charge in [-0.15, -0.1) is 0 Å². The Balaban J connectivity index is 1.84. The van der Waals surface area contributed by atoms with Crippen molar-refractivity contribution in [1.82, 2.24) is 10.3 Å².